The van der Waals surface area contributed by atoms with Gasteiger partial charge in [0.1, 0.15) is 5.82 Å². The van der Waals surface area contributed by atoms with E-state index in [1.807, 2.05) is 0 Å². The lowest BCUT2D eigenvalue weighted by molar-refractivity contribution is -0.137. The van der Waals surface area contributed by atoms with Crippen LogP contribution in [-0.4, -0.2) is 16.8 Å². The molecule has 0 aliphatic heterocycles. The molecular formula is C14H10F3N3O2. The highest BCUT2D eigenvalue weighted by Crippen LogP contribution is 2.32. The van der Waals surface area contributed by atoms with E-state index >= 15 is 0 Å². The number of hydrogen-bond acceptors (Lipinski definition) is 3. The second-order valence-corrected chi connectivity index (χ2v) is 4.26. The third kappa shape index (κ3) is 3.22. The summed E-state index contributed by atoms with van der Waals surface area (Å²) in [5.41, 5.74) is 3.37. The number of anilines is 1. The third-order valence-electron chi connectivity index (χ3n) is 2.78. The lowest BCUT2D eigenvalue weighted by atomic mass is 10.1. The summed E-state index contributed by atoms with van der Waals surface area (Å²) in [6, 6.07) is 7.03. The first-order valence-electron chi connectivity index (χ1n) is 6.03. The molecule has 0 spiro atoms. The molecule has 8 heteroatoms. The summed E-state index contributed by atoms with van der Waals surface area (Å²) in [4.78, 5) is 27.0. The molecule has 22 heavy (non-hydrogen) atoms. The van der Waals surface area contributed by atoms with Crippen LogP contribution in [0.5, 0.6) is 0 Å². The van der Waals surface area contributed by atoms with Crippen LogP contribution in [0.25, 0.3) is 0 Å². The van der Waals surface area contributed by atoms with Gasteiger partial charge in [0.2, 0.25) is 0 Å². The zero-order chi connectivity index (χ0) is 16.3. The normalized spacial score (nSPS) is 11.0. The Morgan fingerprint density at radius 1 is 1.05 bits per heavy atom. The van der Waals surface area contributed by atoms with Crippen molar-refractivity contribution in [1.29, 1.82) is 0 Å². The zero-order valence-electron chi connectivity index (χ0n) is 11.0. The summed E-state index contributed by atoms with van der Waals surface area (Å²) >= 11 is 0. The van der Waals surface area contributed by atoms with Gasteiger partial charge in [-0.2, -0.15) is 13.2 Å². The highest BCUT2D eigenvalue weighted by atomic mass is 19.4. The second kappa shape index (κ2) is 5.84. The second-order valence-electron chi connectivity index (χ2n) is 4.26. The molecule has 2 rings (SSSR count). The number of alkyl halides is 3. The molecule has 0 fully saturated rings. The van der Waals surface area contributed by atoms with Gasteiger partial charge in [-0.1, -0.05) is 12.1 Å². The van der Waals surface area contributed by atoms with Gasteiger partial charge in [0.15, 0.2) is 0 Å². The maximum Gasteiger partial charge on any atom is 0.417 e. The Hall–Kier alpha value is -2.90. The largest absolute Gasteiger partial charge is 0.417 e. The molecular weight excluding hydrogens is 299 g/mol. The van der Waals surface area contributed by atoms with Crippen molar-refractivity contribution in [2.24, 2.45) is 5.73 Å². The number of hydrogen-bond donors (Lipinski definition) is 2. The summed E-state index contributed by atoms with van der Waals surface area (Å²) in [6.45, 7) is 0. The average molecular weight is 309 g/mol. The van der Waals surface area contributed by atoms with E-state index < -0.39 is 29.1 Å². The summed E-state index contributed by atoms with van der Waals surface area (Å²) in [5.74, 6) is -2.08. The maximum absolute atomic E-state index is 12.9. The van der Waals surface area contributed by atoms with Crippen molar-refractivity contribution < 1.29 is 22.8 Å². The van der Waals surface area contributed by atoms with Gasteiger partial charge in [-0.05, 0) is 24.3 Å². The van der Waals surface area contributed by atoms with Crippen LogP contribution < -0.4 is 11.1 Å². The predicted molar refractivity (Wildman–Crippen MR) is 72.2 cm³/mol. The monoisotopic (exact) mass is 309 g/mol. The number of amides is 2. The van der Waals surface area contributed by atoms with Crippen molar-refractivity contribution in [3.05, 3.63) is 59.3 Å². The Bertz CT molecular complexity index is 729. The van der Waals surface area contributed by atoms with Crippen LogP contribution in [0.4, 0.5) is 19.0 Å². The quantitative estimate of drug-likeness (QED) is 0.913. The van der Waals surface area contributed by atoms with Crippen LogP contribution in [0.15, 0.2) is 42.6 Å². The number of primary amides is 1. The van der Waals surface area contributed by atoms with Gasteiger partial charge in [0.25, 0.3) is 11.8 Å². The zero-order valence-corrected chi connectivity index (χ0v) is 11.0. The number of nitrogens with one attached hydrogen (secondary N) is 1. The minimum Gasteiger partial charge on any atom is -0.365 e. The Morgan fingerprint density at radius 2 is 1.68 bits per heavy atom. The highest BCUT2D eigenvalue weighted by molar-refractivity contribution is 6.08. The van der Waals surface area contributed by atoms with E-state index in [1.54, 1.807) is 0 Å². The summed E-state index contributed by atoms with van der Waals surface area (Å²) in [6.07, 6.45) is -3.40. The van der Waals surface area contributed by atoms with E-state index in [-0.39, 0.29) is 11.4 Å². The fourth-order valence-electron chi connectivity index (χ4n) is 1.81. The van der Waals surface area contributed by atoms with Crippen molar-refractivity contribution >= 4 is 17.6 Å². The van der Waals surface area contributed by atoms with Crippen molar-refractivity contribution in [2.75, 3.05) is 5.32 Å². The number of carbonyl (C=O) groups excluding carboxylic acids is 2. The van der Waals surface area contributed by atoms with E-state index in [2.05, 4.69) is 10.3 Å². The summed E-state index contributed by atoms with van der Waals surface area (Å²) in [5, 5.41) is 2.17. The van der Waals surface area contributed by atoms with E-state index in [1.165, 1.54) is 30.5 Å². The van der Waals surface area contributed by atoms with Gasteiger partial charge in [-0.25, -0.2) is 4.98 Å². The van der Waals surface area contributed by atoms with Crippen LogP contribution in [0.1, 0.15) is 26.3 Å². The third-order valence-corrected chi connectivity index (χ3v) is 2.78. The van der Waals surface area contributed by atoms with E-state index in [0.29, 0.717) is 0 Å². The van der Waals surface area contributed by atoms with Crippen molar-refractivity contribution in [3.63, 3.8) is 0 Å². The number of aromatic nitrogens is 1. The van der Waals surface area contributed by atoms with Crippen molar-refractivity contribution in [1.82, 2.24) is 4.98 Å². The van der Waals surface area contributed by atoms with E-state index in [4.69, 9.17) is 5.73 Å². The topological polar surface area (TPSA) is 85.1 Å². The SMILES string of the molecule is NC(=O)c1cccnc1NC(=O)c1ccccc1C(F)(F)F. The van der Waals surface area contributed by atoms with Crippen molar-refractivity contribution in [2.45, 2.75) is 6.18 Å². The molecule has 0 aliphatic carbocycles. The van der Waals surface area contributed by atoms with Gasteiger partial charge < -0.3 is 11.1 Å². The molecule has 1 aromatic heterocycles. The number of halogens is 3. The molecule has 0 radical (unpaired) electrons. The lowest BCUT2D eigenvalue weighted by Crippen LogP contribution is -2.22. The number of benzene rings is 1. The maximum atomic E-state index is 12.9. The molecule has 114 valence electrons. The molecule has 0 atom stereocenters. The first-order valence-corrected chi connectivity index (χ1v) is 6.03. The van der Waals surface area contributed by atoms with Crippen molar-refractivity contribution in [3.8, 4) is 0 Å². The van der Waals surface area contributed by atoms with Gasteiger partial charge in [-0.3, -0.25) is 9.59 Å². The molecule has 5 nitrogen and oxygen atoms in total. The Labute approximate surface area is 123 Å². The lowest BCUT2D eigenvalue weighted by Gasteiger charge is -2.13. The molecule has 0 aliphatic rings. The van der Waals surface area contributed by atoms with Crippen LogP contribution in [0.3, 0.4) is 0 Å². The fourth-order valence-corrected chi connectivity index (χ4v) is 1.81. The van der Waals surface area contributed by atoms with Gasteiger partial charge in [0, 0.05) is 6.20 Å². The first-order chi connectivity index (χ1) is 10.3. The molecule has 0 unspecified atom stereocenters. The fraction of sp³-hybridized carbons (Fsp3) is 0.0714. The highest BCUT2D eigenvalue weighted by Gasteiger charge is 2.35. The minimum atomic E-state index is -4.68. The number of nitrogens with two attached hydrogens (primary N) is 1. The Kier molecular flexibility index (Phi) is 4.11. The van der Waals surface area contributed by atoms with Crippen LogP contribution >= 0.6 is 0 Å². The average Bonchev–Trinajstić information content (AvgIpc) is 2.46. The molecule has 2 aromatic rings. The van der Waals surface area contributed by atoms with Crippen LogP contribution in [-0.2, 0) is 6.18 Å². The van der Waals surface area contributed by atoms with E-state index in [0.717, 1.165) is 12.1 Å². The molecule has 0 saturated heterocycles. The van der Waals surface area contributed by atoms with E-state index in [9.17, 15) is 22.8 Å². The molecule has 1 heterocycles. The van der Waals surface area contributed by atoms with Gasteiger partial charge in [-0.15, -0.1) is 0 Å². The van der Waals surface area contributed by atoms with Gasteiger partial charge in [0.05, 0.1) is 16.7 Å². The summed E-state index contributed by atoms with van der Waals surface area (Å²) < 4.78 is 38.7. The molecule has 3 N–H and O–H groups in total. The number of nitrogens with zero attached hydrogens (tertiary/aromatic N) is 1. The smallest absolute Gasteiger partial charge is 0.365 e. The van der Waals surface area contributed by atoms with Crippen LogP contribution in [0.2, 0.25) is 0 Å². The standard InChI is InChI=1S/C14H10F3N3O2/c15-14(16,17)10-6-2-1-4-8(10)13(22)20-12-9(11(18)21)5-3-7-19-12/h1-7H,(H2,18,21)(H,19,20,22). The molecule has 0 saturated carbocycles. The molecule has 2 amide bonds. The minimum absolute atomic E-state index is 0.0969. The summed E-state index contributed by atoms with van der Waals surface area (Å²) in [7, 11) is 0. The Balaban J connectivity index is 2.38. The van der Waals surface area contributed by atoms with Crippen LogP contribution in [0, 0.1) is 0 Å². The number of rotatable bonds is 3. The number of pyridine rings is 1. The molecule has 0 bridgehead atoms. The Morgan fingerprint density at radius 3 is 2.32 bits per heavy atom. The van der Waals surface area contributed by atoms with Gasteiger partial charge >= 0.3 is 6.18 Å². The molecule has 1 aromatic carbocycles. The number of carbonyl (C=O) groups is 2. The predicted octanol–water partition coefficient (Wildman–Crippen LogP) is 2.45. The first kappa shape index (κ1) is 15.5.